The SMILES string of the molecule is COC(=O)c1ccc(N2CCC3(CC2)CN(C(=O)OC(C)(C)C)C3)cc1C=O. The summed E-state index contributed by atoms with van der Waals surface area (Å²) in [6.07, 6.45) is 2.39. The highest BCUT2D eigenvalue weighted by molar-refractivity contribution is 5.99. The number of hydrogen-bond acceptors (Lipinski definition) is 6. The van der Waals surface area contributed by atoms with Crippen molar-refractivity contribution in [3.05, 3.63) is 29.3 Å². The van der Waals surface area contributed by atoms with E-state index in [0.29, 0.717) is 11.8 Å². The lowest BCUT2D eigenvalue weighted by atomic mass is 9.72. The van der Waals surface area contributed by atoms with Crippen molar-refractivity contribution in [1.29, 1.82) is 0 Å². The first-order valence-electron chi connectivity index (χ1n) is 9.57. The number of anilines is 1. The summed E-state index contributed by atoms with van der Waals surface area (Å²) in [7, 11) is 1.30. The lowest BCUT2D eigenvalue weighted by molar-refractivity contribution is -0.0434. The number of piperidine rings is 1. The number of likely N-dealkylation sites (tertiary alicyclic amines) is 1. The van der Waals surface area contributed by atoms with E-state index in [-0.39, 0.29) is 17.1 Å². The van der Waals surface area contributed by atoms with Gasteiger partial charge in [-0.25, -0.2) is 9.59 Å². The first kappa shape index (κ1) is 20.2. The van der Waals surface area contributed by atoms with Gasteiger partial charge in [-0.05, 0) is 51.8 Å². The van der Waals surface area contributed by atoms with Gasteiger partial charge in [0.2, 0.25) is 0 Å². The average Bonchev–Trinajstić information content (AvgIpc) is 2.63. The van der Waals surface area contributed by atoms with Crippen molar-refractivity contribution in [3.63, 3.8) is 0 Å². The molecular formula is C21H28N2O5. The zero-order chi connectivity index (χ0) is 20.5. The van der Waals surface area contributed by atoms with Gasteiger partial charge < -0.3 is 19.3 Å². The zero-order valence-corrected chi connectivity index (χ0v) is 17.0. The quantitative estimate of drug-likeness (QED) is 0.585. The van der Waals surface area contributed by atoms with Gasteiger partial charge in [-0.1, -0.05) is 0 Å². The van der Waals surface area contributed by atoms with E-state index in [4.69, 9.17) is 9.47 Å². The van der Waals surface area contributed by atoms with Gasteiger partial charge in [0.15, 0.2) is 6.29 Å². The zero-order valence-electron chi connectivity index (χ0n) is 17.0. The Morgan fingerprint density at radius 2 is 1.79 bits per heavy atom. The van der Waals surface area contributed by atoms with Crippen molar-refractivity contribution in [3.8, 4) is 0 Å². The second-order valence-corrected chi connectivity index (χ2v) is 8.70. The molecule has 2 saturated heterocycles. The fourth-order valence-electron chi connectivity index (χ4n) is 3.91. The highest BCUT2D eigenvalue weighted by atomic mass is 16.6. The summed E-state index contributed by atoms with van der Waals surface area (Å²) >= 11 is 0. The van der Waals surface area contributed by atoms with Crippen LogP contribution in [0, 0.1) is 5.41 Å². The van der Waals surface area contributed by atoms with Crippen molar-refractivity contribution in [2.45, 2.75) is 39.2 Å². The summed E-state index contributed by atoms with van der Waals surface area (Å²) < 4.78 is 10.2. The smallest absolute Gasteiger partial charge is 0.410 e. The monoisotopic (exact) mass is 388 g/mol. The highest BCUT2D eigenvalue weighted by Gasteiger charge is 2.47. The maximum Gasteiger partial charge on any atom is 0.410 e. The van der Waals surface area contributed by atoms with E-state index in [1.54, 1.807) is 17.0 Å². The number of esters is 1. The number of benzene rings is 1. The second-order valence-electron chi connectivity index (χ2n) is 8.70. The lowest BCUT2D eigenvalue weighted by Gasteiger charge is -2.54. The van der Waals surface area contributed by atoms with E-state index in [9.17, 15) is 14.4 Å². The molecule has 152 valence electrons. The molecule has 0 atom stereocenters. The lowest BCUT2D eigenvalue weighted by Crippen LogP contribution is -2.62. The second kappa shape index (κ2) is 7.45. The molecule has 1 aromatic carbocycles. The normalized spacial score (nSPS) is 18.4. The number of carbonyl (C=O) groups is 3. The van der Waals surface area contributed by atoms with E-state index in [1.165, 1.54) is 7.11 Å². The first-order chi connectivity index (χ1) is 13.2. The third kappa shape index (κ3) is 4.13. The van der Waals surface area contributed by atoms with Crippen LogP contribution in [-0.4, -0.2) is 62.1 Å². The van der Waals surface area contributed by atoms with Crippen LogP contribution in [0.3, 0.4) is 0 Å². The number of methoxy groups -OCH3 is 1. The molecule has 0 bridgehead atoms. The summed E-state index contributed by atoms with van der Waals surface area (Å²) in [5.74, 6) is -0.511. The van der Waals surface area contributed by atoms with Gasteiger partial charge in [-0.3, -0.25) is 4.79 Å². The number of hydrogen-bond donors (Lipinski definition) is 0. The Kier molecular flexibility index (Phi) is 5.37. The molecule has 0 saturated carbocycles. The molecule has 0 aromatic heterocycles. The predicted molar refractivity (Wildman–Crippen MR) is 105 cm³/mol. The number of ether oxygens (including phenoxy) is 2. The molecule has 28 heavy (non-hydrogen) atoms. The van der Waals surface area contributed by atoms with Crippen LogP contribution in [0.1, 0.15) is 54.3 Å². The number of aldehydes is 1. The summed E-state index contributed by atoms with van der Waals surface area (Å²) in [5.41, 5.74) is 1.22. The molecule has 1 amide bonds. The molecule has 0 aliphatic carbocycles. The topological polar surface area (TPSA) is 76.2 Å². The molecule has 0 N–H and O–H groups in total. The Morgan fingerprint density at radius 1 is 1.14 bits per heavy atom. The number of amides is 1. The minimum atomic E-state index is -0.511. The van der Waals surface area contributed by atoms with Crippen LogP contribution in [0.25, 0.3) is 0 Å². The van der Waals surface area contributed by atoms with E-state index >= 15 is 0 Å². The fourth-order valence-corrected chi connectivity index (χ4v) is 3.91. The maximum atomic E-state index is 12.2. The van der Waals surface area contributed by atoms with Crippen LogP contribution in [0.5, 0.6) is 0 Å². The molecule has 2 fully saturated rings. The number of carbonyl (C=O) groups excluding carboxylic acids is 3. The van der Waals surface area contributed by atoms with Gasteiger partial charge in [-0.15, -0.1) is 0 Å². The highest BCUT2D eigenvalue weighted by Crippen LogP contribution is 2.42. The Balaban J connectivity index is 1.59. The van der Waals surface area contributed by atoms with Crippen molar-refractivity contribution < 1.29 is 23.9 Å². The van der Waals surface area contributed by atoms with Gasteiger partial charge in [-0.2, -0.15) is 0 Å². The van der Waals surface area contributed by atoms with Crippen LogP contribution in [0.15, 0.2) is 18.2 Å². The van der Waals surface area contributed by atoms with E-state index in [0.717, 1.165) is 44.7 Å². The molecule has 1 aromatic rings. The molecule has 7 heteroatoms. The average molecular weight is 388 g/mol. The molecule has 2 heterocycles. The van der Waals surface area contributed by atoms with Gasteiger partial charge in [0.1, 0.15) is 5.60 Å². The number of nitrogens with zero attached hydrogens (tertiary/aromatic N) is 2. The molecule has 3 rings (SSSR count). The molecular weight excluding hydrogens is 360 g/mol. The van der Waals surface area contributed by atoms with Crippen molar-refractivity contribution in [2.75, 3.05) is 38.2 Å². The summed E-state index contributed by atoms with van der Waals surface area (Å²) in [6.45, 7) is 8.78. The van der Waals surface area contributed by atoms with Gasteiger partial charge in [0.25, 0.3) is 0 Å². The van der Waals surface area contributed by atoms with Crippen LogP contribution in [0.2, 0.25) is 0 Å². The summed E-state index contributed by atoms with van der Waals surface area (Å²) in [4.78, 5) is 39.3. The predicted octanol–water partition coefficient (Wildman–Crippen LogP) is 3.12. The third-order valence-corrected chi connectivity index (χ3v) is 5.46. The molecule has 7 nitrogen and oxygen atoms in total. The maximum absolute atomic E-state index is 12.2. The fraction of sp³-hybridized carbons (Fsp3) is 0.571. The summed E-state index contributed by atoms with van der Waals surface area (Å²) in [5, 5.41) is 0. The standard InChI is InChI=1S/C21H28N2O5/c1-20(2,3)28-19(26)23-13-21(14-23)7-9-22(10-8-21)16-5-6-17(18(25)27-4)15(11-16)12-24/h5-6,11-12H,7-10,13-14H2,1-4H3. The van der Waals surface area contributed by atoms with E-state index in [2.05, 4.69) is 4.90 Å². The van der Waals surface area contributed by atoms with Crippen molar-refractivity contribution >= 4 is 24.0 Å². The van der Waals surface area contributed by atoms with Gasteiger partial charge in [0.05, 0.1) is 12.7 Å². The molecule has 0 unspecified atom stereocenters. The Bertz CT molecular complexity index is 767. The largest absolute Gasteiger partial charge is 0.465 e. The number of rotatable bonds is 3. The van der Waals surface area contributed by atoms with Gasteiger partial charge in [0, 0.05) is 42.8 Å². The minimum Gasteiger partial charge on any atom is -0.465 e. The Labute approximate surface area is 165 Å². The first-order valence-corrected chi connectivity index (χ1v) is 9.57. The van der Waals surface area contributed by atoms with Crippen LogP contribution < -0.4 is 4.90 Å². The minimum absolute atomic E-state index is 0.160. The van der Waals surface area contributed by atoms with Crippen LogP contribution in [0.4, 0.5) is 10.5 Å². The molecule has 1 spiro atoms. The van der Waals surface area contributed by atoms with Crippen molar-refractivity contribution in [1.82, 2.24) is 4.90 Å². The molecule has 2 aliphatic rings. The Morgan fingerprint density at radius 3 is 2.32 bits per heavy atom. The van der Waals surface area contributed by atoms with E-state index in [1.807, 2.05) is 26.8 Å². The molecule has 2 aliphatic heterocycles. The van der Waals surface area contributed by atoms with Crippen molar-refractivity contribution in [2.24, 2.45) is 5.41 Å². The third-order valence-electron chi connectivity index (χ3n) is 5.46. The van der Waals surface area contributed by atoms with Crippen LogP contribution in [-0.2, 0) is 9.47 Å². The molecule has 0 radical (unpaired) electrons. The van der Waals surface area contributed by atoms with Crippen LogP contribution >= 0.6 is 0 Å². The summed E-state index contributed by atoms with van der Waals surface area (Å²) in [6, 6.07) is 5.24. The Hall–Kier alpha value is -2.57. The van der Waals surface area contributed by atoms with E-state index < -0.39 is 11.6 Å². The van der Waals surface area contributed by atoms with Gasteiger partial charge >= 0.3 is 12.1 Å².